The molecular weight excluding hydrogens is 150 g/mol. The molecule has 1 N–H and O–H groups in total. The molecule has 0 spiro atoms. The van der Waals surface area contributed by atoms with E-state index in [9.17, 15) is 0 Å². The van der Waals surface area contributed by atoms with Gasteiger partial charge < -0.3 is 10.1 Å². The summed E-state index contributed by atoms with van der Waals surface area (Å²) >= 11 is 0. The minimum Gasteiger partial charge on any atom is -0.400 e. The Balaban J connectivity index is -0.0000000419. The highest BCUT2D eigenvalue weighted by Gasteiger charge is 1.60. The van der Waals surface area contributed by atoms with Crippen LogP contribution in [0.2, 0.25) is 0 Å². The maximum absolute atomic E-state index is 7.00. The van der Waals surface area contributed by atoms with Gasteiger partial charge in [0, 0.05) is 13.7 Å². The Labute approximate surface area is 78.0 Å². The van der Waals surface area contributed by atoms with Gasteiger partial charge in [0.1, 0.15) is 0 Å². The second kappa shape index (κ2) is 31.6. The average molecular weight is 175 g/mol. The Kier molecular flexibility index (Phi) is 59.2. The Morgan fingerprint density at radius 2 is 1.58 bits per heavy atom. The molecule has 0 rings (SSSR count). The lowest BCUT2D eigenvalue weighted by Gasteiger charge is -1.74. The third-order valence-electron chi connectivity index (χ3n) is 0.801. The smallest absolute Gasteiger partial charge is 0.0353 e. The van der Waals surface area contributed by atoms with Crippen LogP contribution >= 0.6 is 0 Å². The summed E-state index contributed by atoms with van der Waals surface area (Å²) in [6.07, 6.45) is 2.08. The molecule has 2 heteroatoms. The van der Waals surface area contributed by atoms with Crippen LogP contribution in [0.25, 0.3) is 0 Å². The van der Waals surface area contributed by atoms with Crippen molar-refractivity contribution in [2.24, 2.45) is 4.99 Å². The number of hydrogen-bond donors (Lipinski definition) is 1. The van der Waals surface area contributed by atoms with Gasteiger partial charge in [0.25, 0.3) is 0 Å². The number of aliphatic hydroxyl groups is 1. The number of hydrogen-bond acceptors (Lipinski definition) is 2. The van der Waals surface area contributed by atoms with Crippen LogP contribution in [0.5, 0.6) is 0 Å². The number of aliphatic imine (C=N–C) groups is 1. The molecule has 0 aliphatic carbocycles. The van der Waals surface area contributed by atoms with E-state index >= 15 is 0 Å². The van der Waals surface area contributed by atoms with E-state index in [4.69, 9.17) is 5.11 Å². The van der Waals surface area contributed by atoms with Crippen LogP contribution in [0, 0.1) is 0 Å². The van der Waals surface area contributed by atoms with Crippen LogP contribution in [-0.4, -0.2) is 25.5 Å². The SMILES string of the molecule is C.C=NCC.CC=C(C)C.CO. The van der Waals surface area contributed by atoms with E-state index < -0.39 is 0 Å². The van der Waals surface area contributed by atoms with Crippen LogP contribution in [0.15, 0.2) is 16.6 Å². The normalized spacial score (nSPS) is 5.50. The van der Waals surface area contributed by atoms with Gasteiger partial charge in [-0.25, -0.2) is 0 Å². The number of allylic oxidation sites excluding steroid dienone is 2. The van der Waals surface area contributed by atoms with E-state index in [0.717, 1.165) is 13.7 Å². The molecule has 0 aromatic rings. The summed E-state index contributed by atoms with van der Waals surface area (Å²) in [4.78, 5) is 3.49. The van der Waals surface area contributed by atoms with Crippen molar-refractivity contribution < 1.29 is 5.11 Å². The van der Waals surface area contributed by atoms with Gasteiger partial charge in [-0.1, -0.05) is 19.1 Å². The lowest BCUT2D eigenvalue weighted by Crippen LogP contribution is -1.54. The van der Waals surface area contributed by atoms with Crippen LogP contribution in [0.4, 0.5) is 0 Å². The van der Waals surface area contributed by atoms with Gasteiger partial charge in [-0.3, -0.25) is 0 Å². The zero-order chi connectivity index (χ0) is 9.70. The van der Waals surface area contributed by atoms with E-state index in [2.05, 4.69) is 31.6 Å². The molecule has 0 atom stereocenters. The molecule has 0 heterocycles. The fourth-order valence-corrected chi connectivity index (χ4v) is 0. The van der Waals surface area contributed by atoms with Crippen molar-refractivity contribution >= 4 is 6.72 Å². The summed E-state index contributed by atoms with van der Waals surface area (Å²) in [6.45, 7) is 12.2. The van der Waals surface area contributed by atoms with Crippen LogP contribution in [0.1, 0.15) is 35.1 Å². The number of nitrogens with zero attached hydrogens (tertiary/aromatic N) is 1. The molecule has 0 saturated heterocycles. The van der Waals surface area contributed by atoms with Gasteiger partial charge in [0.05, 0.1) is 0 Å². The van der Waals surface area contributed by atoms with E-state index in [-0.39, 0.29) is 7.43 Å². The van der Waals surface area contributed by atoms with Gasteiger partial charge in [0.2, 0.25) is 0 Å². The van der Waals surface area contributed by atoms with Crippen molar-refractivity contribution in [3.63, 3.8) is 0 Å². The monoisotopic (exact) mass is 175 g/mol. The first-order valence-electron chi connectivity index (χ1n) is 3.65. The van der Waals surface area contributed by atoms with Crippen molar-refractivity contribution in [2.45, 2.75) is 35.1 Å². The minimum atomic E-state index is 0. The van der Waals surface area contributed by atoms with Crippen molar-refractivity contribution in [1.29, 1.82) is 0 Å². The molecule has 0 saturated carbocycles. The molecule has 0 aliphatic rings. The Bertz CT molecular complexity index is 83.8. The third-order valence-corrected chi connectivity index (χ3v) is 0.801. The van der Waals surface area contributed by atoms with E-state index in [1.165, 1.54) is 5.57 Å². The highest BCUT2D eigenvalue weighted by Crippen LogP contribution is 1.82. The third kappa shape index (κ3) is 117. The van der Waals surface area contributed by atoms with Gasteiger partial charge in [0.15, 0.2) is 0 Å². The largest absolute Gasteiger partial charge is 0.400 e. The number of rotatable bonds is 1. The average Bonchev–Trinajstić information content (AvgIpc) is 2.08. The van der Waals surface area contributed by atoms with Gasteiger partial charge in [-0.15, -0.1) is 0 Å². The first kappa shape index (κ1) is 22.5. The second-order valence-corrected chi connectivity index (χ2v) is 1.91. The van der Waals surface area contributed by atoms with Gasteiger partial charge in [-0.05, 0) is 34.4 Å². The molecule has 2 nitrogen and oxygen atoms in total. The molecule has 76 valence electrons. The fraction of sp³-hybridized carbons (Fsp3) is 0.700. The molecule has 0 aromatic heterocycles. The quantitative estimate of drug-likeness (QED) is 0.482. The molecule has 0 fully saturated rings. The van der Waals surface area contributed by atoms with Crippen molar-refractivity contribution in [1.82, 2.24) is 0 Å². The summed E-state index contributed by atoms with van der Waals surface area (Å²) < 4.78 is 0. The fourth-order valence-electron chi connectivity index (χ4n) is 0. The summed E-state index contributed by atoms with van der Waals surface area (Å²) in [5, 5.41) is 7.00. The predicted octanol–water partition coefficient (Wildman–Crippen LogP) is 2.92. The first-order chi connectivity index (χ1) is 5.18. The van der Waals surface area contributed by atoms with E-state index in [1.807, 2.05) is 13.8 Å². The Morgan fingerprint density at radius 1 is 1.42 bits per heavy atom. The molecular formula is C10H25NO. The lowest BCUT2D eigenvalue weighted by atomic mass is 10.3. The molecule has 0 amide bonds. The van der Waals surface area contributed by atoms with Gasteiger partial charge >= 0.3 is 0 Å². The summed E-state index contributed by atoms with van der Waals surface area (Å²) in [6, 6.07) is 0. The van der Waals surface area contributed by atoms with Crippen LogP contribution in [-0.2, 0) is 0 Å². The van der Waals surface area contributed by atoms with Crippen molar-refractivity contribution in [3.05, 3.63) is 11.6 Å². The maximum atomic E-state index is 7.00. The molecule has 0 aromatic carbocycles. The highest BCUT2D eigenvalue weighted by atomic mass is 16.2. The predicted molar refractivity (Wildman–Crippen MR) is 60.1 cm³/mol. The molecule has 0 bridgehead atoms. The summed E-state index contributed by atoms with van der Waals surface area (Å²) in [7, 11) is 1.00. The first-order valence-corrected chi connectivity index (χ1v) is 3.65. The zero-order valence-corrected chi connectivity index (χ0v) is 8.39. The standard InChI is InChI=1S/C5H10.C3H7N.CH4O.CH4/c1-4-5(2)3;1-3-4-2;1-2;/h4H,1-3H3;2-3H2,1H3;2H,1H3;1H4. The summed E-state index contributed by atoms with van der Waals surface area (Å²) in [5.41, 5.74) is 1.38. The highest BCUT2D eigenvalue weighted by molar-refractivity contribution is 5.22. The van der Waals surface area contributed by atoms with Gasteiger partial charge in [-0.2, -0.15) is 0 Å². The molecule has 0 aliphatic heterocycles. The molecule has 12 heavy (non-hydrogen) atoms. The second-order valence-electron chi connectivity index (χ2n) is 1.91. The van der Waals surface area contributed by atoms with E-state index in [1.54, 1.807) is 0 Å². The van der Waals surface area contributed by atoms with Crippen molar-refractivity contribution in [2.75, 3.05) is 13.7 Å². The van der Waals surface area contributed by atoms with Crippen molar-refractivity contribution in [3.8, 4) is 0 Å². The summed E-state index contributed by atoms with van der Waals surface area (Å²) in [5.74, 6) is 0. The molecule has 0 unspecified atom stereocenters. The minimum absolute atomic E-state index is 0. The number of aliphatic hydroxyl groups excluding tert-OH is 1. The van der Waals surface area contributed by atoms with Crippen LogP contribution in [0.3, 0.4) is 0 Å². The lowest BCUT2D eigenvalue weighted by molar-refractivity contribution is 0.399. The van der Waals surface area contributed by atoms with E-state index in [0.29, 0.717) is 0 Å². The Hall–Kier alpha value is -0.630. The molecule has 0 radical (unpaired) electrons. The zero-order valence-electron chi connectivity index (χ0n) is 8.39. The van der Waals surface area contributed by atoms with Crippen LogP contribution < -0.4 is 0 Å². The maximum Gasteiger partial charge on any atom is 0.0353 e. The Morgan fingerprint density at radius 3 is 1.58 bits per heavy atom. The topological polar surface area (TPSA) is 32.6 Å².